The van der Waals surface area contributed by atoms with Crippen LogP contribution in [0.25, 0.3) is 11.4 Å². The van der Waals surface area contributed by atoms with Crippen molar-refractivity contribution in [1.29, 1.82) is 0 Å². The van der Waals surface area contributed by atoms with Gasteiger partial charge in [-0.15, -0.1) is 0 Å². The molecule has 0 bridgehead atoms. The molecule has 142 valence electrons. The molecule has 1 aromatic heterocycles. The fourth-order valence-electron chi connectivity index (χ4n) is 3.06. The average molecular weight is 443 g/mol. The van der Waals surface area contributed by atoms with Gasteiger partial charge in [0.15, 0.2) is 23.2 Å². The smallest absolute Gasteiger partial charge is 0.168 e. The van der Waals surface area contributed by atoms with Gasteiger partial charge in [-0.1, -0.05) is 0 Å². The molecule has 0 aliphatic carbocycles. The highest BCUT2D eigenvalue weighted by atomic mass is 79.9. The largest absolute Gasteiger partial charge is 0.492 e. The van der Waals surface area contributed by atoms with Crippen LogP contribution in [0.5, 0.6) is 5.75 Å². The third-order valence-corrected chi connectivity index (χ3v) is 6.09. The molecule has 1 aliphatic rings. The van der Waals surface area contributed by atoms with Gasteiger partial charge in [0, 0.05) is 18.5 Å². The zero-order valence-corrected chi connectivity index (χ0v) is 17.7. The zero-order chi connectivity index (χ0) is 18.7. The van der Waals surface area contributed by atoms with Crippen molar-refractivity contribution >= 4 is 27.7 Å². The first kappa shape index (κ1) is 19.6. The number of halogens is 2. The van der Waals surface area contributed by atoms with Gasteiger partial charge in [0.05, 0.1) is 17.6 Å². The molecule has 1 saturated heterocycles. The van der Waals surface area contributed by atoms with Crippen molar-refractivity contribution in [3.05, 3.63) is 28.2 Å². The van der Waals surface area contributed by atoms with Crippen LogP contribution in [-0.4, -0.2) is 58.9 Å². The van der Waals surface area contributed by atoms with Crippen LogP contribution in [0, 0.1) is 5.82 Å². The molecule has 0 atom stereocenters. The summed E-state index contributed by atoms with van der Waals surface area (Å²) in [5, 5.41) is 4.78. The predicted octanol–water partition coefficient (Wildman–Crippen LogP) is 4.03. The van der Waals surface area contributed by atoms with E-state index in [4.69, 9.17) is 14.8 Å². The monoisotopic (exact) mass is 442 g/mol. The van der Waals surface area contributed by atoms with Gasteiger partial charge in [-0.25, -0.2) is 14.1 Å². The van der Waals surface area contributed by atoms with Crippen molar-refractivity contribution in [3.63, 3.8) is 0 Å². The fraction of sp³-hybridized carbons (Fsp3) is 0.556. The summed E-state index contributed by atoms with van der Waals surface area (Å²) in [4.78, 5) is 6.87. The lowest BCUT2D eigenvalue weighted by atomic mass is 10.1. The van der Waals surface area contributed by atoms with E-state index in [1.165, 1.54) is 13.2 Å². The molecule has 0 amide bonds. The number of hydrogen-bond acceptors (Lipinski definition) is 5. The zero-order valence-electron chi connectivity index (χ0n) is 15.3. The number of ether oxygens (including phenoxy) is 1. The third kappa shape index (κ3) is 4.40. The summed E-state index contributed by atoms with van der Waals surface area (Å²) in [7, 11) is 5.53. The van der Waals surface area contributed by atoms with Gasteiger partial charge in [0.1, 0.15) is 0 Å². The van der Waals surface area contributed by atoms with Crippen LogP contribution in [0.3, 0.4) is 0 Å². The number of methoxy groups -OCH3 is 1. The van der Waals surface area contributed by atoms with E-state index in [1.807, 2.05) is 36.6 Å². The second-order valence-electron chi connectivity index (χ2n) is 6.67. The summed E-state index contributed by atoms with van der Waals surface area (Å²) in [6.45, 7) is 0.880. The molecule has 1 aliphatic heterocycles. The first-order chi connectivity index (χ1) is 12.5. The molecule has 0 spiro atoms. The molecule has 2 heterocycles. The lowest BCUT2D eigenvalue weighted by molar-refractivity contribution is 0.383. The van der Waals surface area contributed by atoms with Crippen LogP contribution in [0.15, 0.2) is 16.6 Å². The second-order valence-corrected chi connectivity index (χ2v) is 8.75. The van der Waals surface area contributed by atoms with Crippen molar-refractivity contribution in [2.75, 3.05) is 39.3 Å². The van der Waals surface area contributed by atoms with E-state index in [0.717, 1.165) is 54.5 Å². The van der Waals surface area contributed by atoms with Gasteiger partial charge in [0.25, 0.3) is 0 Å². The van der Waals surface area contributed by atoms with Crippen molar-refractivity contribution in [3.8, 4) is 17.1 Å². The van der Waals surface area contributed by atoms with Crippen LogP contribution in [0.2, 0.25) is 0 Å². The van der Waals surface area contributed by atoms with Crippen LogP contribution in [0.4, 0.5) is 4.39 Å². The Morgan fingerprint density at radius 2 is 2.08 bits per heavy atom. The lowest BCUT2D eigenvalue weighted by Crippen LogP contribution is -2.18. The summed E-state index contributed by atoms with van der Waals surface area (Å²) in [5.41, 5.74) is 0.719. The van der Waals surface area contributed by atoms with Gasteiger partial charge < -0.3 is 9.64 Å². The molecule has 1 fully saturated rings. The number of benzene rings is 1. The molecule has 26 heavy (non-hydrogen) atoms. The van der Waals surface area contributed by atoms with Crippen LogP contribution < -0.4 is 4.74 Å². The maximum absolute atomic E-state index is 14.4. The van der Waals surface area contributed by atoms with E-state index in [9.17, 15) is 4.39 Å². The van der Waals surface area contributed by atoms with Crippen molar-refractivity contribution in [2.24, 2.45) is 0 Å². The highest BCUT2D eigenvalue weighted by Gasteiger charge is 2.23. The van der Waals surface area contributed by atoms with Crippen LogP contribution >= 0.6 is 27.7 Å². The summed E-state index contributed by atoms with van der Waals surface area (Å²) in [6.07, 6.45) is 2.90. The summed E-state index contributed by atoms with van der Waals surface area (Å²) < 4.78 is 22.1. The summed E-state index contributed by atoms with van der Waals surface area (Å²) in [5.74, 6) is 3.59. The van der Waals surface area contributed by atoms with E-state index in [2.05, 4.69) is 20.8 Å². The van der Waals surface area contributed by atoms with Gasteiger partial charge >= 0.3 is 0 Å². The first-order valence-corrected chi connectivity index (χ1v) is 10.7. The minimum absolute atomic E-state index is 0.210. The SMILES string of the molecule is COc1c(F)cc(-c2nc(CCN(C)C)nn2C2CCSCC2)cc1Br. The average Bonchev–Trinajstić information content (AvgIpc) is 3.05. The molecular weight excluding hydrogens is 419 g/mol. The number of hydrogen-bond donors (Lipinski definition) is 0. The Morgan fingerprint density at radius 3 is 2.69 bits per heavy atom. The molecule has 0 radical (unpaired) electrons. The van der Waals surface area contributed by atoms with Gasteiger partial charge in [-0.05, 0) is 66.5 Å². The molecule has 3 rings (SSSR count). The van der Waals surface area contributed by atoms with Crippen LogP contribution in [0.1, 0.15) is 24.7 Å². The normalized spacial score (nSPS) is 15.6. The maximum Gasteiger partial charge on any atom is 0.168 e. The fourth-order valence-corrected chi connectivity index (χ4v) is 4.74. The Labute approximate surface area is 166 Å². The topological polar surface area (TPSA) is 43.2 Å². The molecule has 0 saturated carbocycles. The minimum Gasteiger partial charge on any atom is -0.492 e. The van der Waals surface area contributed by atoms with Crippen molar-refractivity contribution in [2.45, 2.75) is 25.3 Å². The Kier molecular flexibility index (Phi) is 6.58. The van der Waals surface area contributed by atoms with Gasteiger partial charge in [-0.2, -0.15) is 16.9 Å². The van der Waals surface area contributed by atoms with E-state index in [-0.39, 0.29) is 5.75 Å². The molecule has 0 N–H and O–H groups in total. The number of thioether (sulfide) groups is 1. The highest BCUT2D eigenvalue weighted by molar-refractivity contribution is 9.10. The third-order valence-electron chi connectivity index (χ3n) is 4.46. The Balaban J connectivity index is 2.00. The molecule has 0 unspecified atom stereocenters. The predicted molar refractivity (Wildman–Crippen MR) is 108 cm³/mol. The van der Waals surface area contributed by atoms with E-state index >= 15 is 0 Å². The van der Waals surface area contributed by atoms with Gasteiger partial charge in [0.2, 0.25) is 0 Å². The quantitative estimate of drug-likeness (QED) is 0.675. The van der Waals surface area contributed by atoms with E-state index < -0.39 is 5.82 Å². The lowest BCUT2D eigenvalue weighted by Gasteiger charge is -2.23. The number of rotatable bonds is 6. The molecule has 2 aromatic rings. The number of aromatic nitrogens is 3. The Morgan fingerprint density at radius 1 is 1.35 bits per heavy atom. The van der Waals surface area contributed by atoms with Crippen LogP contribution in [-0.2, 0) is 6.42 Å². The molecule has 1 aromatic carbocycles. The van der Waals surface area contributed by atoms with Crippen molar-refractivity contribution in [1.82, 2.24) is 19.7 Å². The molecule has 8 heteroatoms. The standard InChI is InChI=1S/C18H24BrFN4OS/c1-23(2)7-4-16-21-18(24(22-16)13-5-8-26-9-6-13)12-10-14(19)17(25-3)15(20)11-12/h10-11,13H,4-9H2,1-3H3. The summed E-state index contributed by atoms with van der Waals surface area (Å²) >= 11 is 5.37. The number of likely N-dealkylation sites (N-methyl/N-ethyl adjacent to an activating group) is 1. The first-order valence-electron chi connectivity index (χ1n) is 8.71. The van der Waals surface area contributed by atoms with E-state index in [0.29, 0.717) is 10.5 Å². The highest BCUT2D eigenvalue weighted by Crippen LogP contribution is 2.35. The van der Waals surface area contributed by atoms with Gasteiger partial charge in [-0.3, -0.25) is 0 Å². The second kappa shape index (κ2) is 8.71. The Hall–Kier alpha value is -1.12. The van der Waals surface area contributed by atoms with Crippen molar-refractivity contribution < 1.29 is 9.13 Å². The summed E-state index contributed by atoms with van der Waals surface area (Å²) in [6, 6.07) is 3.66. The molecule has 5 nitrogen and oxygen atoms in total. The number of nitrogens with zero attached hydrogens (tertiary/aromatic N) is 4. The molecular formula is C18H24BrFN4OS. The minimum atomic E-state index is -0.402. The maximum atomic E-state index is 14.4. The van der Waals surface area contributed by atoms with E-state index in [1.54, 1.807) is 0 Å². The Bertz CT molecular complexity index is 739.